The van der Waals surface area contributed by atoms with Crippen LogP contribution in [0.25, 0.3) is 5.76 Å². The molecular formula is C24H20ClNO4S. The predicted molar refractivity (Wildman–Crippen MR) is 123 cm³/mol. The van der Waals surface area contributed by atoms with Gasteiger partial charge < -0.3 is 9.84 Å². The highest BCUT2D eigenvalue weighted by molar-refractivity contribution is 7.10. The van der Waals surface area contributed by atoms with E-state index >= 15 is 0 Å². The molecule has 1 aliphatic heterocycles. The Morgan fingerprint density at radius 3 is 2.55 bits per heavy atom. The number of thiophene rings is 1. The number of anilines is 1. The molecule has 7 heteroatoms. The van der Waals surface area contributed by atoms with Crippen LogP contribution in [0.4, 0.5) is 5.69 Å². The summed E-state index contributed by atoms with van der Waals surface area (Å²) in [5.41, 5.74) is 2.62. The average molecular weight is 454 g/mol. The number of rotatable bonds is 4. The fourth-order valence-electron chi connectivity index (χ4n) is 3.70. The maximum absolute atomic E-state index is 13.2. The molecule has 1 unspecified atom stereocenters. The lowest BCUT2D eigenvalue weighted by atomic mass is 9.98. The SMILES string of the molecule is COc1ccc(C)cc1/C(O)=C1/C(=O)C(=O)N(c2ccc(C)c(Cl)c2)C1c1cccs1. The molecule has 1 saturated heterocycles. The Morgan fingerprint density at radius 2 is 1.90 bits per heavy atom. The first-order valence-corrected chi connectivity index (χ1v) is 10.8. The fraction of sp³-hybridized carbons (Fsp3) is 0.167. The van der Waals surface area contributed by atoms with Gasteiger partial charge in [0.15, 0.2) is 0 Å². The number of halogens is 1. The lowest BCUT2D eigenvalue weighted by Crippen LogP contribution is -2.29. The van der Waals surface area contributed by atoms with E-state index in [1.165, 1.54) is 23.3 Å². The second kappa shape index (κ2) is 8.21. The maximum atomic E-state index is 13.2. The van der Waals surface area contributed by atoms with Gasteiger partial charge in [0.1, 0.15) is 17.6 Å². The number of Topliss-reactive ketones (excluding diaryl/α,β-unsaturated/α-hetero) is 1. The van der Waals surface area contributed by atoms with Crippen molar-refractivity contribution >= 4 is 46.1 Å². The lowest BCUT2D eigenvalue weighted by molar-refractivity contribution is -0.132. The highest BCUT2D eigenvalue weighted by atomic mass is 35.5. The molecular weight excluding hydrogens is 434 g/mol. The minimum absolute atomic E-state index is 0.0213. The molecule has 4 rings (SSSR count). The molecule has 31 heavy (non-hydrogen) atoms. The standard InChI is InChI=1S/C24H20ClNO4S/c1-13-6-9-18(30-3)16(11-13)22(27)20-21(19-5-4-10-31-19)26(24(29)23(20)28)15-8-7-14(2)17(25)12-15/h4-12,21,27H,1-3H3/b22-20-. The highest BCUT2D eigenvalue weighted by Crippen LogP contribution is 2.45. The van der Waals surface area contributed by atoms with Crippen molar-refractivity contribution in [2.24, 2.45) is 0 Å². The van der Waals surface area contributed by atoms with Crippen molar-refractivity contribution < 1.29 is 19.4 Å². The van der Waals surface area contributed by atoms with Gasteiger partial charge >= 0.3 is 0 Å². The largest absolute Gasteiger partial charge is 0.507 e. The Kier molecular flexibility index (Phi) is 5.60. The molecule has 1 atom stereocenters. The number of hydrogen-bond donors (Lipinski definition) is 1. The van der Waals surface area contributed by atoms with Crippen molar-refractivity contribution in [3.05, 3.63) is 86.1 Å². The van der Waals surface area contributed by atoms with Crippen molar-refractivity contribution in [1.82, 2.24) is 0 Å². The van der Waals surface area contributed by atoms with Crippen LogP contribution >= 0.6 is 22.9 Å². The van der Waals surface area contributed by atoms with Gasteiger partial charge in [0.25, 0.3) is 11.7 Å². The molecule has 1 N–H and O–H groups in total. The third-order valence-corrected chi connectivity index (χ3v) is 6.63. The number of carbonyl (C=O) groups is 2. The maximum Gasteiger partial charge on any atom is 0.300 e. The Hall–Kier alpha value is -3.09. The molecule has 0 radical (unpaired) electrons. The van der Waals surface area contributed by atoms with Gasteiger partial charge in [-0.2, -0.15) is 0 Å². The second-order valence-electron chi connectivity index (χ2n) is 7.32. The van der Waals surface area contributed by atoms with E-state index in [1.54, 1.807) is 30.3 Å². The molecule has 0 spiro atoms. The number of ketones is 1. The number of carbonyl (C=O) groups excluding carboxylic acids is 2. The first-order chi connectivity index (χ1) is 14.8. The van der Waals surface area contributed by atoms with E-state index in [4.69, 9.17) is 16.3 Å². The van der Waals surface area contributed by atoms with Gasteiger partial charge in [0.2, 0.25) is 0 Å². The summed E-state index contributed by atoms with van der Waals surface area (Å²) in [6, 6.07) is 13.4. The summed E-state index contributed by atoms with van der Waals surface area (Å²) in [4.78, 5) is 28.5. The van der Waals surface area contributed by atoms with E-state index in [0.29, 0.717) is 22.0 Å². The molecule has 2 heterocycles. The number of methoxy groups -OCH3 is 1. The Balaban J connectivity index is 1.97. The molecule has 1 fully saturated rings. The second-order valence-corrected chi connectivity index (χ2v) is 8.71. The van der Waals surface area contributed by atoms with Crippen molar-refractivity contribution in [3.8, 4) is 5.75 Å². The van der Waals surface area contributed by atoms with E-state index in [1.807, 2.05) is 37.4 Å². The van der Waals surface area contributed by atoms with E-state index in [-0.39, 0.29) is 11.3 Å². The van der Waals surface area contributed by atoms with Gasteiger partial charge in [-0.3, -0.25) is 14.5 Å². The van der Waals surface area contributed by atoms with Crippen LogP contribution in [0.1, 0.15) is 27.6 Å². The zero-order valence-corrected chi connectivity index (χ0v) is 18.8. The monoisotopic (exact) mass is 453 g/mol. The summed E-state index contributed by atoms with van der Waals surface area (Å²) >= 11 is 7.71. The summed E-state index contributed by atoms with van der Waals surface area (Å²) in [5, 5.41) is 13.6. The van der Waals surface area contributed by atoms with Crippen LogP contribution in [0.2, 0.25) is 5.02 Å². The summed E-state index contributed by atoms with van der Waals surface area (Å²) in [6.07, 6.45) is 0. The number of hydrogen-bond acceptors (Lipinski definition) is 5. The predicted octanol–water partition coefficient (Wildman–Crippen LogP) is 5.65. The van der Waals surface area contributed by atoms with Crippen LogP contribution in [0.3, 0.4) is 0 Å². The van der Waals surface area contributed by atoms with E-state index in [2.05, 4.69) is 0 Å². The molecule has 1 amide bonds. The third kappa shape index (κ3) is 3.62. The van der Waals surface area contributed by atoms with Gasteiger partial charge in [-0.25, -0.2) is 0 Å². The topological polar surface area (TPSA) is 66.8 Å². The van der Waals surface area contributed by atoms with Crippen LogP contribution in [-0.2, 0) is 9.59 Å². The molecule has 3 aromatic rings. The van der Waals surface area contributed by atoms with Gasteiger partial charge in [-0.05, 0) is 55.1 Å². The lowest BCUT2D eigenvalue weighted by Gasteiger charge is -2.24. The van der Waals surface area contributed by atoms with E-state index in [9.17, 15) is 14.7 Å². The number of aliphatic hydroxyl groups is 1. The van der Waals surface area contributed by atoms with Crippen LogP contribution < -0.4 is 9.64 Å². The fourth-order valence-corrected chi connectivity index (χ4v) is 4.70. The molecule has 158 valence electrons. The highest BCUT2D eigenvalue weighted by Gasteiger charge is 2.47. The minimum Gasteiger partial charge on any atom is -0.507 e. The first kappa shape index (κ1) is 21.2. The Labute approximate surface area is 189 Å². The van der Waals surface area contributed by atoms with Gasteiger partial charge in [0.05, 0.1) is 18.2 Å². The number of aryl methyl sites for hydroxylation is 2. The molecule has 0 bridgehead atoms. The molecule has 0 saturated carbocycles. The minimum atomic E-state index is -0.774. The zero-order valence-electron chi connectivity index (χ0n) is 17.2. The number of benzene rings is 2. The van der Waals surface area contributed by atoms with E-state index in [0.717, 1.165) is 16.0 Å². The van der Waals surface area contributed by atoms with Crippen LogP contribution in [0, 0.1) is 13.8 Å². The first-order valence-electron chi connectivity index (χ1n) is 9.59. The molecule has 5 nitrogen and oxygen atoms in total. The quantitative estimate of drug-likeness (QED) is 0.315. The molecule has 1 aromatic heterocycles. The number of nitrogens with zero attached hydrogens (tertiary/aromatic N) is 1. The van der Waals surface area contributed by atoms with Gasteiger partial charge in [-0.1, -0.05) is 35.4 Å². The third-order valence-electron chi connectivity index (χ3n) is 5.30. The van der Waals surface area contributed by atoms with Gasteiger partial charge in [-0.15, -0.1) is 11.3 Å². The number of ether oxygens (including phenoxy) is 1. The number of amides is 1. The van der Waals surface area contributed by atoms with Crippen molar-refractivity contribution in [3.63, 3.8) is 0 Å². The normalized spacial score (nSPS) is 17.9. The van der Waals surface area contributed by atoms with Gasteiger partial charge in [0, 0.05) is 15.6 Å². The smallest absolute Gasteiger partial charge is 0.300 e. The summed E-state index contributed by atoms with van der Waals surface area (Å²) in [6.45, 7) is 3.74. The van der Waals surface area contributed by atoms with Crippen molar-refractivity contribution in [2.45, 2.75) is 19.9 Å². The number of aliphatic hydroxyl groups excluding tert-OH is 1. The summed E-state index contributed by atoms with van der Waals surface area (Å²) < 4.78 is 5.39. The molecule has 1 aliphatic rings. The molecule has 2 aromatic carbocycles. The average Bonchev–Trinajstić information content (AvgIpc) is 3.37. The zero-order chi connectivity index (χ0) is 22.3. The Morgan fingerprint density at radius 1 is 1.13 bits per heavy atom. The van der Waals surface area contributed by atoms with Crippen molar-refractivity contribution in [2.75, 3.05) is 12.0 Å². The van der Waals surface area contributed by atoms with Crippen LogP contribution in [-0.4, -0.2) is 23.9 Å². The summed E-state index contributed by atoms with van der Waals surface area (Å²) in [7, 11) is 1.49. The Bertz CT molecular complexity index is 1220. The van der Waals surface area contributed by atoms with Crippen LogP contribution in [0.15, 0.2) is 59.5 Å². The van der Waals surface area contributed by atoms with Crippen LogP contribution in [0.5, 0.6) is 5.75 Å². The van der Waals surface area contributed by atoms with Crippen molar-refractivity contribution in [1.29, 1.82) is 0 Å². The van der Waals surface area contributed by atoms with E-state index < -0.39 is 17.7 Å². The summed E-state index contributed by atoms with van der Waals surface area (Å²) in [5.74, 6) is -1.32. The molecule has 0 aliphatic carbocycles.